The molecule has 0 radical (unpaired) electrons. The van der Waals surface area contributed by atoms with Crippen LogP contribution in [0.5, 0.6) is 0 Å². The van der Waals surface area contributed by atoms with E-state index >= 15 is 0 Å². The molecule has 0 amide bonds. The summed E-state index contributed by atoms with van der Waals surface area (Å²) in [5, 5.41) is 28.7. The van der Waals surface area contributed by atoms with Crippen LogP contribution in [0.4, 0.5) is 0 Å². The van der Waals surface area contributed by atoms with Crippen LogP contribution in [0.1, 0.15) is 175 Å². The first-order chi connectivity index (χ1) is 36.5. The van der Waals surface area contributed by atoms with Crippen molar-refractivity contribution in [2.24, 2.45) is 0 Å². The molecule has 0 aliphatic carbocycles. The fraction of sp³-hybridized carbons (Fsp3) is 0.500. The van der Waals surface area contributed by atoms with Gasteiger partial charge < -0.3 is 13.6 Å². The van der Waals surface area contributed by atoms with Gasteiger partial charge in [0.1, 0.15) is 48.9 Å². The first-order valence-electron chi connectivity index (χ1n) is 25.5. The number of nitrogens with zero attached hydrogens (tertiary/aromatic N) is 15. The van der Waals surface area contributed by atoms with Gasteiger partial charge in [-0.3, -0.25) is 0 Å². The Labute approximate surface area is 467 Å². The van der Waals surface area contributed by atoms with Gasteiger partial charge in [-0.05, 0) is 115 Å². The molecule has 0 unspecified atom stereocenters. The molecule has 0 bridgehead atoms. The molecule has 0 aliphatic heterocycles. The fourth-order valence-electron chi connectivity index (χ4n) is 2.53. The van der Waals surface area contributed by atoms with Gasteiger partial charge in [-0.15, -0.1) is 10.2 Å². The van der Waals surface area contributed by atoms with Crippen molar-refractivity contribution in [1.29, 1.82) is 0 Å². The summed E-state index contributed by atoms with van der Waals surface area (Å²) >= 11 is 4.51. The number of aryl methyl sites for hydroxylation is 9. The summed E-state index contributed by atoms with van der Waals surface area (Å²) in [6, 6.07) is 7.59. The topological polar surface area (TPSA) is 233 Å². The third-order valence-electron chi connectivity index (χ3n) is 5.22. The minimum Gasteiger partial charge on any atom is -0.365 e. The quantitative estimate of drug-likeness (QED) is 0.137. The van der Waals surface area contributed by atoms with Crippen LogP contribution in [0.25, 0.3) is 0 Å². The van der Waals surface area contributed by atoms with Gasteiger partial charge in [0.2, 0.25) is 0 Å². The van der Waals surface area contributed by atoms with Crippen molar-refractivity contribution in [3.8, 4) is 0 Å². The van der Waals surface area contributed by atoms with Gasteiger partial charge in [0.05, 0.1) is 41.9 Å². The Hall–Kier alpha value is -6.45. The van der Waals surface area contributed by atoms with Crippen LogP contribution in [0.2, 0.25) is 0 Å². The van der Waals surface area contributed by atoms with E-state index in [9.17, 15) is 0 Å². The zero-order chi connectivity index (χ0) is 59.8. The Kier molecular flexibility index (Phi) is 99.2. The number of rotatable bonds is 0. The average Bonchev–Trinajstić information content (AvgIpc) is 4.38. The van der Waals surface area contributed by atoms with Crippen LogP contribution in [-0.4, -0.2) is 73.9 Å². The number of hydrogen-bond acceptors (Lipinski definition) is 21. The molecule has 0 aliphatic rings. The monoisotopic (exact) mass is 1100 g/mol. The Morgan fingerprint density at radius 3 is 1.21 bits per heavy atom. The van der Waals surface area contributed by atoms with E-state index in [1.807, 2.05) is 209 Å². The lowest BCUT2D eigenvalue weighted by atomic mass is 10.4. The second kappa shape index (κ2) is 84.4. The molecular weight excluding hydrogens is 1000 g/mol. The molecule has 9 heterocycles. The number of aromatic nitrogens is 15. The van der Waals surface area contributed by atoms with Crippen LogP contribution >= 0.6 is 34.6 Å². The van der Waals surface area contributed by atoms with E-state index in [-0.39, 0.29) is 0 Å². The summed E-state index contributed by atoms with van der Waals surface area (Å²) in [6.45, 7) is 53.2. The fourth-order valence-corrected chi connectivity index (χ4v) is 4.00. The molecule has 21 heteroatoms. The summed E-state index contributed by atoms with van der Waals surface area (Å²) < 4.78 is 25.2. The van der Waals surface area contributed by atoms with E-state index in [0.29, 0.717) is 5.82 Å². The van der Waals surface area contributed by atoms with E-state index in [1.165, 1.54) is 64.0 Å². The van der Waals surface area contributed by atoms with Crippen molar-refractivity contribution in [3.63, 3.8) is 0 Å². The van der Waals surface area contributed by atoms with Gasteiger partial charge in [-0.25, -0.2) is 33.7 Å². The van der Waals surface area contributed by atoms with Crippen molar-refractivity contribution in [2.45, 2.75) is 187 Å². The lowest BCUT2D eigenvalue weighted by Crippen LogP contribution is -1.85. The van der Waals surface area contributed by atoms with Gasteiger partial charge >= 0.3 is 0 Å². The smallest absolute Gasteiger partial charge is 0.147 e. The molecule has 9 aromatic rings. The van der Waals surface area contributed by atoms with Crippen molar-refractivity contribution < 1.29 is 13.6 Å². The summed E-state index contributed by atoms with van der Waals surface area (Å²) in [5.74, 6) is 2.33. The zero-order valence-electron chi connectivity index (χ0n) is 51.0. The van der Waals surface area contributed by atoms with Gasteiger partial charge in [0, 0.05) is 51.9 Å². The minimum absolute atomic E-state index is 0.711. The molecule has 426 valence electrons. The van der Waals surface area contributed by atoms with Crippen molar-refractivity contribution in [1.82, 2.24) is 73.9 Å². The molecule has 0 fully saturated rings. The predicted molar refractivity (Wildman–Crippen MR) is 320 cm³/mol. The van der Waals surface area contributed by atoms with Crippen molar-refractivity contribution in [2.75, 3.05) is 0 Å². The Balaban J connectivity index is -0.0000000899. The zero-order valence-corrected chi connectivity index (χ0v) is 53.5. The maximum atomic E-state index is 4.58. The molecule has 0 aromatic carbocycles. The SMILES string of the molecule is CC.CC.CC.CC.CC.CC.CC.CC.CC.Cc1ccno1.Cc1ccns1.Cc1ccon1.Cc1ccsn1.Cc1cnncn1.Cc1cnoc1.Cc1cnsc1.Cc1nccnn1.Cc1ncncn1. The van der Waals surface area contributed by atoms with Gasteiger partial charge in [0.25, 0.3) is 0 Å². The highest BCUT2D eigenvalue weighted by molar-refractivity contribution is 7.05. The summed E-state index contributed by atoms with van der Waals surface area (Å²) in [4.78, 5) is 20.0. The first-order valence-corrected chi connectivity index (χ1v) is 28.0. The van der Waals surface area contributed by atoms with Gasteiger partial charge in [0.15, 0.2) is 0 Å². The van der Waals surface area contributed by atoms with E-state index in [4.69, 9.17) is 0 Å². The largest absolute Gasteiger partial charge is 0.365 e. The third kappa shape index (κ3) is 81.8. The summed E-state index contributed by atoms with van der Waals surface area (Å²) in [7, 11) is 0. The molecule has 18 nitrogen and oxygen atoms in total. The van der Waals surface area contributed by atoms with Gasteiger partial charge in [-0.2, -0.15) is 14.6 Å². The van der Waals surface area contributed by atoms with Crippen LogP contribution in [0, 0.1) is 62.3 Å². The Bertz CT molecular complexity index is 1730. The first kappa shape index (κ1) is 88.2. The minimum atomic E-state index is 0.711. The molecule has 9 rings (SSSR count). The van der Waals surface area contributed by atoms with E-state index < -0.39 is 0 Å². The molecule has 9 aromatic heterocycles. The lowest BCUT2D eigenvalue weighted by Gasteiger charge is -1.80. The highest BCUT2D eigenvalue weighted by Crippen LogP contribution is 1.99. The highest BCUT2D eigenvalue weighted by Gasteiger charge is 1.81. The lowest BCUT2D eigenvalue weighted by molar-refractivity contribution is 0.397. The van der Waals surface area contributed by atoms with Crippen LogP contribution in [0.3, 0.4) is 0 Å². The Morgan fingerprint density at radius 1 is 0.440 bits per heavy atom. The maximum absolute atomic E-state index is 4.58. The van der Waals surface area contributed by atoms with E-state index in [2.05, 4.69) is 87.5 Å². The van der Waals surface area contributed by atoms with E-state index in [1.54, 1.807) is 68.8 Å². The standard InChI is InChI=1S/3C4H5N3.3C4H5NO.3C4H5NS.9C2H6/c1-4-6-2-5-3-7-4;1-4-2-6-7-3-5-4;1-4-5-2-3-6-7-4;1-4-2-5-6-3-4;1-4-2-3-6-5-4;1-4-2-3-5-6-4;1-4-2-5-6-3-4;1-4-2-3-6-5-4;1-4-2-3-5-6-4;9*1-2/h3*2-3H,1H3;6*2-3H,1H3;9*1-2H3. The predicted octanol–water partition coefficient (Wildman–Crippen LogP) is 17.1. The molecular formula is C54H99N15O3S3. The molecule has 0 spiro atoms. The second-order valence-electron chi connectivity index (χ2n) is 10.6. The molecule has 0 atom stereocenters. The van der Waals surface area contributed by atoms with Crippen LogP contribution in [0.15, 0.2) is 123 Å². The normalized spacial score (nSPS) is 7.40. The molecule has 0 N–H and O–H groups in total. The highest BCUT2D eigenvalue weighted by atomic mass is 32.1. The Morgan fingerprint density at radius 2 is 1.05 bits per heavy atom. The molecule has 0 saturated carbocycles. The van der Waals surface area contributed by atoms with Crippen LogP contribution in [-0.2, 0) is 0 Å². The summed E-state index contributed by atoms with van der Waals surface area (Å²) in [6.07, 6.45) is 19.2. The number of hydrogen-bond donors (Lipinski definition) is 0. The molecule has 75 heavy (non-hydrogen) atoms. The average molecular weight is 1100 g/mol. The van der Waals surface area contributed by atoms with Crippen molar-refractivity contribution >= 4 is 34.6 Å². The van der Waals surface area contributed by atoms with Crippen molar-refractivity contribution in [3.05, 3.63) is 160 Å². The third-order valence-corrected chi connectivity index (χ3v) is 7.23. The van der Waals surface area contributed by atoms with E-state index in [0.717, 1.165) is 34.2 Å². The second-order valence-corrected chi connectivity index (χ2v) is 12.9. The maximum Gasteiger partial charge on any atom is 0.147 e. The summed E-state index contributed by atoms with van der Waals surface area (Å²) in [5.41, 5.74) is 5.25. The van der Waals surface area contributed by atoms with Crippen LogP contribution < -0.4 is 0 Å². The van der Waals surface area contributed by atoms with Gasteiger partial charge in [-0.1, -0.05) is 140 Å². The molecule has 0 saturated heterocycles.